The van der Waals surface area contributed by atoms with Gasteiger partial charge in [0.1, 0.15) is 0 Å². The molecule has 4 N–H and O–H groups in total. The third-order valence-electron chi connectivity index (χ3n) is 3.15. The smallest absolute Gasteiger partial charge is 0.328 e. The second kappa shape index (κ2) is 5.16. The van der Waals surface area contributed by atoms with Crippen LogP contribution in [0.4, 0.5) is 4.79 Å². The Labute approximate surface area is 94.0 Å². The number of aliphatic carboxylic acids is 1. The number of carboxylic acids is 1. The van der Waals surface area contributed by atoms with Gasteiger partial charge >= 0.3 is 12.0 Å². The number of amides is 2. The lowest BCUT2D eigenvalue weighted by atomic mass is 9.75. The molecule has 0 aromatic carbocycles. The van der Waals surface area contributed by atoms with Crippen LogP contribution in [0.15, 0.2) is 0 Å². The van der Waals surface area contributed by atoms with E-state index in [2.05, 4.69) is 10.6 Å². The zero-order valence-corrected chi connectivity index (χ0v) is 9.32. The Kier molecular flexibility index (Phi) is 4.12. The summed E-state index contributed by atoms with van der Waals surface area (Å²) in [5, 5.41) is 22.4. The van der Waals surface area contributed by atoms with Gasteiger partial charge in [0, 0.05) is 5.54 Å². The van der Waals surface area contributed by atoms with Crippen LogP contribution in [0.1, 0.15) is 32.6 Å². The molecule has 0 bridgehead atoms. The molecule has 2 amide bonds. The molecule has 1 aliphatic rings. The van der Waals surface area contributed by atoms with Crippen LogP contribution in [0.5, 0.6) is 0 Å². The van der Waals surface area contributed by atoms with Crippen molar-refractivity contribution in [3.05, 3.63) is 0 Å². The van der Waals surface area contributed by atoms with Crippen LogP contribution in [-0.4, -0.2) is 40.4 Å². The molecule has 1 unspecified atom stereocenters. The molecular weight excluding hydrogens is 212 g/mol. The van der Waals surface area contributed by atoms with E-state index in [1.807, 2.05) is 6.92 Å². The molecule has 1 rings (SSSR count). The van der Waals surface area contributed by atoms with Gasteiger partial charge in [-0.1, -0.05) is 6.92 Å². The van der Waals surface area contributed by atoms with Gasteiger partial charge in [-0.3, -0.25) is 0 Å². The lowest BCUT2D eigenvalue weighted by Gasteiger charge is -2.42. The Hall–Kier alpha value is -1.30. The molecule has 16 heavy (non-hydrogen) atoms. The van der Waals surface area contributed by atoms with E-state index in [4.69, 9.17) is 10.2 Å². The Morgan fingerprint density at radius 3 is 2.38 bits per heavy atom. The van der Waals surface area contributed by atoms with Crippen LogP contribution in [0.3, 0.4) is 0 Å². The number of rotatable bonds is 5. The first kappa shape index (κ1) is 12.8. The Morgan fingerprint density at radius 2 is 2.06 bits per heavy atom. The number of carboxylic acid groups (broad SMARTS) is 1. The summed E-state index contributed by atoms with van der Waals surface area (Å²) in [6, 6.07) is -1.77. The highest BCUT2D eigenvalue weighted by molar-refractivity contribution is 5.83. The van der Waals surface area contributed by atoms with Gasteiger partial charge < -0.3 is 20.8 Å². The molecule has 92 valence electrons. The highest BCUT2D eigenvalue weighted by Gasteiger charge is 2.37. The van der Waals surface area contributed by atoms with Crippen molar-refractivity contribution in [1.82, 2.24) is 10.6 Å². The van der Waals surface area contributed by atoms with Gasteiger partial charge in [0.05, 0.1) is 6.61 Å². The maximum absolute atomic E-state index is 11.5. The molecule has 1 atom stereocenters. The van der Waals surface area contributed by atoms with E-state index in [1.165, 1.54) is 0 Å². The molecule has 0 aliphatic heterocycles. The third kappa shape index (κ3) is 2.85. The van der Waals surface area contributed by atoms with Crippen molar-refractivity contribution < 1.29 is 19.8 Å². The monoisotopic (exact) mass is 230 g/mol. The molecule has 0 heterocycles. The van der Waals surface area contributed by atoms with E-state index in [1.54, 1.807) is 0 Å². The average molecular weight is 230 g/mol. The molecule has 0 aromatic rings. The first-order valence-electron chi connectivity index (χ1n) is 5.45. The summed E-state index contributed by atoms with van der Waals surface area (Å²) >= 11 is 0. The Balaban J connectivity index is 2.43. The molecule has 0 saturated heterocycles. The van der Waals surface area contributed by atoms with Crippen molar-refractivity contribution in [2.45, 2.75) is 44.2 Å². The molecule has 1 saturated carbocycles. The minimum atomic E-state index is -1.24. The number of carbonyl (C=O) groups excluding carboxylic acids is 1. The lowest BCUT2D eigenvalue weighted by Crippen LogP contribution is -2.58. The van der Waals surface area contributed by atoms with Crippen LogP contribution < -0.4 is 10.6 Å². The van der Waals surface area contributed by atoms with Crippen molar-refractivity contribution in [3.8, 4) is 0 Å². The predicted molar refractivity (Wildman–Crippen MR) is 57.1 cm³/mol. The number of aliphatic hydroxyl groups excluding tert-OH is 1. The van der Waals surface area contributed by atoms with Crippen LogP contribution in [-0.2, 0) is 4.79 Å². The quantitative estimate of drug-likeness (QED) is 0.537. The van der Waals surface area contributed by atoms with Crippen molar-refractivity contribution in [1.29, 1.82) is 0 Å². The van der Waals surface area contributed by atoms with E-state index < -0.39 is 24.6 Å². The van der Waals surface area contributed by atoms with E-state index in [0.29, 0.717) is 0 Å². The maximum Gasteiger partial charge on any atom is 0.328 e. The standard InChI is InChI=1S/C10H18N2O4/c1-2-10(4-3-5-10)12-9(16)11-7(6-13)8(14)15/h7,13H,2-6H2,1H3,(H,14,15)(H2,11,12,16). The molecule has 0 aromatic heterocycles. The van der Waals surface area contributed by atoms with Gasteiger partial charge in [0.15, 0.2) is 6.04 Å². The zero-order valence-electron chi connectivity index (χ0n) is 9.32. The molecule has 0 radical (unpaired) electrons. The van der Waals surface area contributed by atoms with Crippen LogP contribution in [0.2, 0.25) is 0 Å². The van der Waals surface area contributed by atoms with E-state index in [9.17, 15) is 9.59 Å². The van der Waals surface area contributed by atoms with Gasteiger partial charge in [-0.05, 0) is 25.7 Å². The summed E-state index contributed by atoms with van der Waals surface area (Å²) in [5.74, 6) is -1.24. The number of hydrogen-bond donors (Lipinski definition) is 4. The predicted octanol–water partition coefficient (Wildman–Crippen LogP) is 0.0638. The van der Waals surface area contributed by atoms with Crippen molar-refractivity contribution in [3.63, 3.8) is 0 Å². The molecule has 1 aliphatic carbocycles. The molecule has 6 heteroatoms. The number of aliphatic hydroxyl groups is 1. The number of carbonyl (C=O) groups is 2. The number of nitrogens with one attached hydrogen (secondary N) is 2. The lowest BCUT2D eigenvalue weighted by molar-refractivity contribution is -0.140. The minimum Gasteiger partial charge on any atom is -0.480 e. The Morgan fingerprint density at radius 1 is 1.44 bits per heavy atom. The van der Waals surface area contributed by atoms with Crippen molar-refractivity contribution in [2.75, 3.05) is 6.61 Å². The summed E-state index contributed by atoms with van der Waals surface area (Å²) in [6.45, 7) is 1.38. The van der Waals surface area contributed by atoms with E-state index in [-0.39, 0.29) is 5.54 Å². The summed E-state index contributed by atoms with van der Waals surface area (Å²) in [5.41, 5.74) is -0.178. The SMILES string of the molecule is CCC1(NC(=O)NC(CO)C(=O)O)CCC1. The van der Waals surface area contributed by atoms with Gasteiger partial charge in [-0.2, -0.15) is 0 Å². The van der Waals surface area contributed by atoms with Crippen molar-refractivity contribution >= 4 is 12.0 Å². The summed E-state index contributed by atoms with van der Waals surface area (Å²) in [6.07, 6.45) is 3.76. The largest absolute Gasteiger partial charge is 0.480 e. The second-order valence-corrected chi connectivity index (χ2v) is 4.16. The normalized spacial score (nSPS) is 19.4. The highest BCUT2D eigenvalue weighted by Crippen LogP contribution is 2.34. The number of urea groups is 1. The number of hydrogen-bond acceptors (Lipinski definition) is 3. The molecular formula is C10H18N2O4. The van der Waals surface area contributed by atoms with E-state index >= 15 is 0 Å². The Bertz CT molecular complexity index is 270. The molecule has 6 nitrogen and oxygen atoms in total. The van der Waals surface area contributed by atoms with Crippen molar-refractivity contribution in [2.24, 2.45) is 0 Å². The van der Waals surface area contributed by atoms with Gasteiger partial charge in [-0.25, -0.2) is 9.59 Å². The van der Waals surface area contributed by atoms with Crippen LogP contribution in [0.25, 0.3) is 0 Å². The fourth-order valence-corrected chi connectivity index (χ4v) is 1.79. The average Bonchev–Trinajstić information content (AvgIpc) is 2.19. The summed E-state index contributed by atoms with van der Waals surface area (Å²) in [7, 11) is 0. The summed E-state index contributed by atoms with van der Waals surface area (Å²) < 4.78 is 0. The van der Waals surface area contributed by atoms with Crippen LogP contribution in [0, 0.1) is 0 Å². The molecule has 1 fully saturated rings. The fraction of sp³-hybridized carbons (Fsp3) is 0.800. The fourth-order valence-electron chi connectivity index (χ4n) is 1.79. The van der Waals surface area contributed by atoms with Gasteiger partial charge in [-0.15, -0.1) is 0 Å². The first-order valence-corrected chi connectivity index (χ1v) is 5.45. The maximum atomic E-state index is 11.5. The first-order chi connectivity index (χ1) is 7.53. The second-order valence-electron chi connectivity index (χ2n) is 4.16. The third-order valence-corrected chi connectivity index (χ3v) is 3.15. The zero-order chi connectivity index (χ0) is 12.2. The highest BCUT2D eigenvalue weighted by atomic mass is 16.4. The molecule has 0 spiro atoms. The topological polar surface area (TPSA) is 98.7 Å². The van der Waals surface area contributed by atoms with Crippen LogP contribution >= 0.6 is 0 Å². The van der Waals surface area contributed by atoms with Gasteiger partial charge in [0.25, 0.3) is 0 Å². The minimum absolute atomic E-state index is 0.178. The summed E-state index contributed by atoms with van der Waals surface area (Å²) in [4.78, 5) is 22.1. The van der Waals surface area contributed by atoms with E-state index in [0.717, 1.165) is 25.7 Å². The van der Waals surface area contributed by atoms with Gasteiger partial charge in [0.2, 0.25) is 0 Å².